The van der Waals surface area contributed by atoms with Crippen molar-refractivity contribution >= 4 is 23.3 Å². The van der Waals surface area contributed by atoms with Crippen LogP contribution >= 0.6 is 11.6 Å². The highest BCUT2D eigenvalue weighted by Gasteiger charge is 2.05. The van der Waals surface area contributed by atoms with E-state index in [1.165, 1.54) is 0 Å². The Kier molecular flexibility index (Phi) is 3.36. The monoisotopic (exact) mass is 213 g/mol. The van der Waals surface area contributed by atoms with Crippen molar-refractivity contribution in [1.29, 1.82) is 0 Å². The van der Waals surface area contributed by atoms with Crippen molar-refractivity contribution in [3.8, 4) is 0 Å². The number of hydrogen-bond donors (Lipinski definition) is 2. The van der Waals surface area contributed by atoms with Gasteiger partial charge in [-0.25, -0.2) is 0 Å². The van der Waals surface area contributed by atoms with E-state index in [0.29, 0.717) is 10.7 Å². The third-order valence-corrected chi connectivity index (χ3v) is 2.15. The zero-order chi connectivity index (χ0) is 10.7. The molecule has 0 amide bonds. The molecule has 1 aromatic carbocycles. The number of anilines is 1. The molecule has 1 aromatic rings. The number of rotatable bonds is 3. The summed E-state index contributed by atoms with van der Waals surface area (Å²) < 4.78 is 0. The summed E-state index contributed by atoms with van der Waals surface area (Å²) in [5, 5.41) is 11.8. The molecule has 3 nitrogen and oxygen atoms in total. The highest BCUT2D eigenvalue weighted by Crippen LogP contribution is 2.26. The Balaban J connectivity index is 2.91. The number of aliphatic carboxylic acids is 1. The van der Waals surface area contributed by atoms with Crippen LogP contribution in [0.25, 0.3) is 0 Å². The smallest absolute Gasteiger partial charge is 0.322 e. The molecule has 0 radical (unpaired) electrons. The number of carbonyl (C=O) groups is 1. The number of aryl methyl sites for hydroxylation is 2. The molecule has 0 saturated heterocycles. The SMILES string of the molecule is Cc1cc(C)c(NCC(=O)O)c(Cl)c1. The van der Waals surface area contributed by atoms with Crippen LogP contribution in [0.15, 0.2) is 12.1 Å². The van der Waals surface area contributed by atoms with Crippen LogP contribution in [-0.2, 0) is 4.79 Å². The molecule has 0 heterocycles. The lowest BCUT2D eigenvalue weighted by molar-refractivity contribution is -0.134. The van der Waals surface area contributed by atoms with Crippen LogP contribution in [0.3, 0.4) is 0 Å². The lowest BCUT2D eigenvalue weighted by Gasteiger charge is -2.10. The van der Waals surface area contributed by atoms with Crippen LogP contribution in [-0.4, -0.2) is 17.6 Å². The Hall–Kier alpha value is -1.22. The fourth-order valence-electron chi connectivity index (χ4n) is 1.30. The van der Waals surface area contributed by atoms with Gasteiger partial charge in [-0.2, -0.15) is 0 Å². The van der Waals surface area contributed by atoms with Crippen LogP contribution in [0, 0.1) is 13.8 Å². The van der Waals surface area contributed by atoms with Crippen molar-refractivity contribution in [2.45, 2.75) is 13.8 Å². The fraction of sp³-hybridized carbons (Fsp3) is 0.300. The minimum atomic E-state index is -0.902. The molecule has 4 heteroatoms. The van der Waals surface area contributed by atoms with Crippen molar-refractivity contribution in [3.05, 3.63) is 28.3 Å². The average molecular weight is 214 g/mol. The highest BCUT2D eigenvalue weighted by atomic mass is 35.5. The second-order valence-corrected chi connectivity index (χ2v) is 3.59. The molecule has 14 heavy (non-hydrogen) atoms. The van der Waals surface area contributed by atoms with Gasteiger partial charge in [-0.1, -0.05) is 17.7 Å². The predicted octanol–water partition coefficient (Wildman–Crippen LogP) is 2.45. The third kappa shape index (κ3) is 2.64. The molecule has 0 aliphatic carbocycles. The molecular formula is C10H12ClNO2. The van der Waals surface area contributed by atoms with Gasteiger partial charge >= 0.3 is 5.97 Å². The second kappa shape index (κ2) is 4.33. The van der Waals surface area contributed by atoms with Crippen molar-refractivity contribution < 1.29 is 9.90 Å². The van der Waals surface area contributed by atoms with Gasteiger partial charge in [0.2, 0.25) is 0 Å². The molecule has 0 fully saturated rings. The van der Waals surface area contributed by atoms with Crippen LogP contribution in [0.2, 0.25) is 5.02 Å². The maximum absolute atomic E-state index is 10.4. The van der Waals surface area contributed by atoms with Crippen LogP contribution in [0.4, 0.5) is 5.69 Å². The Morgan fingerprint density at radius 1 is 1.50 bits per heavy atom. The molecule has 0 aliphatic heterocycles. The first-order valence-corrected chi connectivity index (χ1v) is 4.61. The van der Waals surface area contributed by atoms with E-state index in [2.05, 4.69) is 5.32 Å². The fourth-order valence-corrected chi connectivity index (χ4v) is 1.69. The number of nitrogens with one attached hydrogen (secondary N) is 1. The Labute approximate surface area is 87.7 Å². The Morgan fingerprint density at radius 2 is 2.14 bits per heavy atom. The molecule has 0 spiro atoms. The summed E-state index contributed by atoms with van der Waals surface area (Å²) in [4.78, 5) is 10.4. The molecule has 0 atom stereocenters. The zero-order valence-corrected chi connectivity index (χ0v) is 8.85. The van der Waals surface area contributed by atoms with Gasteiger partial charge < -0.3 is 10.4 Å². The summed E-state index contributed by atoms with van der Waals surface area (Å²) in [6.45, 7) is 3.71. The number of halogens is 1. The van der Waals surface area contributed by atoms with Crippen molar-refractivity contribution in [1.82, 2.24) is 0 Å². The van der Waals surface area contributed by atoms with E-state index in [-0.39, 0.29) is 6.54 Å². The summed E-state index contributed by atoms with van der Waals surface area (Å²) in [5.41, 5.74) is 2.71. The highest BCUT2D eigenvalue weighted by molar-refractivity contribution is 6.33. The summed E-state index contributed by atoms with van der Waals surface area (Å²) in [5.74, 6) is -0.902. The summed E-state index contributed by atoms with van der Waals surface area (Å²) in [6, 6.07) is 3.76. The molecule has 0 aliphatic rings. The number of carboxylic acids is 1. The van der Waals surface area contributed by atoms with Crippen molar-refractivity contribution in [2.24, 2.45) is 0 Å². The first kappa shape index (κ1) is 10.9. The summed E-state index contributed by atoms with van der Waals surface area (Å²) in [7, 11) is 0. The van der Waals surface area contributed by atoms with E-state index in [9.17, 15) is 4.79 Å². The van der Waals surface area contributed by atoms with Gasteiger partial charge in [0.15, 0.2) is 0 Å². The largest absolute Gasteiger partial charge is 0.480 e. The van der Waals surface area contributed by atoms with E-state index >= 15 is 0 Å². The normalized spacial score (nSPS) is 9.93. The second-order valence-electron chi connectivity index (χ2n) is 3.19. The first-order chi connectivity index (χ1) is 6.50. The average Bonchev–Trinajstić information content (AvgIpc) is 2.01. The minimum Gasteiger partial charge on any atom is -0.480 e. The van der Waals surface area contributed by atoms with Gasteiger partial charge in [0, 0.05) is 0 Å². The van der Waals surface area contributed by atoms with Gasteiger partial charge in [0.1, 0.15) is 6.54 Å². The standard InChI is InChI=1S/C10H12ClNO2/c1-6-3-7(2)10(8(11)4-6)12-5-9(13)14/h3-4,12H,5H2,1-2H3,(H,13,14). The molecule has 76 valence electrons. The van der Waals surface area contributed by atoms with Crippen LogP contribution in [0.1, 0.15) is 11.1 Å². The van der Waals surface area contributed by atoms with Gasteiger partial charge in [-0.15, -0.1) is 0 Å². The summed E-state index contributed by atoms with van der Waals surface area (Å²) in [6.07, 6.45) is 0. The Morgan fingerprint density at radius 3 is 2.64 bits per heavy atom. The molecular weight excluding hydrogens is 202 g/mol. The van der Waals surface area contributed by atoms with Crippen molar-refractivity contribution in [2.75, 3.05) is 11.9 Å². The van der Waals surface area contributed by atoms with Gasteiger partial charge in [0.05, 0.1) is 10.7 Å². The Bertz CT molecular complexity index is 340. The van der Waals surface area contributed by atoms with Gasteiger partial charge in [0.25, 0.3) is 0 Å². The maximum atomic E-state index is 10.4. The minimum absolute atomic E-state index is 0.121. The number of benzene rings is 1. The van der Waals surface area contributed by atoms with Crippen LogP contribution < -0.4 is 5.32 Å². The molecule has 2 N–H and O–H groups in total. The van der Waals surface area contributed by atoms with Gasteiger partial charge in [-0.3, -0.25) is 4.79 Å². The summed E-state index contributed by atoms with van der Waals surface area (Å²) >= 11 is 5.96. The topological polar surface area (TPSA) is 49.3 Å². The number of hydrogen-bond acceptors (Lipinski definition) is 2. The van der Waals surface area contributed by atoms with Gasteiger partial charge in [-0.05, 0) is 31.0 Å². The predicted molar refractivity (Wildman–Crippen MR) is 57.1 cm³/mol. The molecule has 0 saturated carbocycles. The molecule has 0 bridgehead atoms. The maximum Gasteiger partial charge on any atom is 0.322 e. The lowest BCUT2D eigenvalue weighted by Crippen LogP contribution is -2.13. The van der Waals surface area contributed by atoms with Crippen molar-refractivity contribution in [3.63, 3.8) is 0 Å². The van der Waals surface area contributed by atoms with E-state index in [1.54, 1.807) is 6.07 Å². The molecule has 1 rings (SSSR count). The van der Waals surface area contributed by atoms with E-state index in [1.807, 2.05) is 19.9 Å². The zero-order valence-electron chi connectivity index (χ0n) is 8.10. The van der Waals surface area contributed by atoms with E-state index < -0.39 is 5.97 Å². The van der Waals surface area contributed by atoms with E-state index in [0.717, 1.165) is 11.1 Å². The molecule has 0 aromatic heterocycles. The molecule has 0 unspecified atom stereocenters. The van der Waals surface area contributed by atoms with Crippen LogP contribution in [0.5, 0.6) is 0 Å². The third-order valence-electron chi connectivity index (χ3n) is 1.85. The first-order valence-electron chi connectivity index (χ1n) is 4.23. The quantitative estimate of drug-likeness (QED) is 0.811. The lowest BCUT2D eigenvalue weighted by atomic mass is 10.1. The van der Waals surface area contributed by atoms with E-state index in [4.69, 9.17) is 16.7 Å². The number of carboxylic acid groups (broad SMARTS) is 1.